The van der Waals surface area contributed by atoms with E-state index in [1.165, 1.54) is 25.7 Å². The van der Waals surface area contributed by atoms with Gasteiger partial charge in [-0.1, -0.05) is 0 Å². The molecule has 0 atom stereocenters. The molecule has 0 aromatic rings. The molecule has 1 heterocycles. The lowest BCUT2D eigenvalue weighted by Crippen LogP contribution is -2.49. The number of carboxylic acids is 1. The van der Waals surface area contributed by atoms with Crippen molar-refractivity contribution in [3.8, 4) is 0 Å². The van der Waals surface area contributed by atoms with Gasteiger partial charge in [-0.25, -0.2) is 4.79 Å². The van der Waals surface area contributed by atoms with E-state index in [1.807, 2.05) is 0 Å². The van der Waals surface area contributed by atoms with E-state index in [0.29, 0.717) is 31.5 Å². The van der Waals surface area contributed by atoms with Crippen molar-refractivity contribution in [1.29, 1.82) is 0 Å². The highest BCUT2D eigenvalue weighted by molar-refractivity contribution is 5.78. The second kappa shape index (κ2) is 5.48. The average Bonchev–Trinajstić information content (AvgIpc) is 3.37. The maximum Gasteiger partial charge on any atom is 0.314 e. The quantitative estimate of drug-likeness (QED) is 0.690. The number of amides is 2. The Morgan fingerprint density at radius 3 is 2.19 bits per heavy atom. The lowest BCUT2D eigenvalue weighted by molar-refractivity contribution is -0.154. The third kappa shape index (κ3) is 3.15. The van der Waals surface area contributed by atoms with Crippen LogP contribution in [0.5, 0.6) is 0 Å². The summed E-state index contributed by atoms with van der Waals surface area (Å²) >= 11 is 0. The van der Waals surface area contributed by atoms with Gasteiger partial charge < -0.3 is 20.5 Å². The van der Waals surface area contributed by atoms with Gasteiger partial charge in [0.1, 0.15) is 0 Å². The molecule has 21 heavy (non-hydrogen) atoms. The second-order valence-corrected chi connectivity index (χ2v) is 6.87. The number of rotatable bonds is 6. The summed E-state index contributed by atoms with van der Waals surface area (Å²) < 4.78 is 5.22. The summed E-state index contributed by atoms with van der Waals surface area (Å²) in [4.78, 5) is 23.4. The van der Waals surface area contributed by atoms with Crippen LogP contribution in [0.2, 0.25) is 0 Å². The molecule has 6 heteroatoms. The predicted octanol–water partition coefficient (Wildman–Crippen LogP) is 1.36. The highest BCUT2D eigenvalue weighted by atomic mass is 16.5. The molecule has 2 amide bonds. The first-order chi connectivity index (χ1) is 10.1. The van der Waals surface area contributed by atoms with Crippen molar-refractivity contribution in [1.82, 2.24) is 10.6 Å². The third-order valence-electron chi connectivity index (χ3n) is 5.43. The van der Waals surface area contributed by atoms with E-state index in [-0.39, 0.29) is 12.6 Å². The summed E-state index contributed by atoms with van der Waals surface area (Å²) in [6, 6.07) is -0.242. The first kappa shape index (κ1) is 14.6. The van der Waals surface area contributed by atoms with Gasteiger partial charge in [0.15, 0.2) is 0 Å². The molecule has 0 radical (unpaired) electrons. The molecule has 0 unspecified atom stereocenters. The van der Waals surface area contributed by atoms with Crippen molar-refractivity contribution in [3.05, 3.63) is 0 Å². The Morgan fingerprint density at radius 1 is 1.05 bits per heavy atom. The van der Waals surface area contributed by atoms with Crippen LogP contribution in [0.15, 0.2) is 0 Å². The monoisotopic (exact) mass is 296 g/mol. The summed E-state index contributed by atoms with van der Waals surface area (Å²) in [5.74, 6) is -0.0404. The smallest absolute Gasteiger partial charge is 0.314 e. The first-order valence-corrected chi connectivity index (χ1v) is 7.89. The maximum absolute atomic E-state index is 11.9. The highest BCUT2D eigenvalue weighted by Gasteiger charge is 2.53. The van der Waals surface area contributed by atoms with Crippen LogP contribution in [-0.4, -0.2) is 43.4 Å². The summed E-state index contributed by atoms with van der Waals surface area (Å²) in [5.41, 5.74) is -0.510. The average molecular weight is 296 g/mol. The molecule has 118 valence electrons. The molecule has 3 N–H and O–H groups in total. The van der Waals surface area contributed by atoms with Crippen LogP contribution in [0.3, 0.4) is 0 Å². The highest BCUT2D eigenvalue weighted by Crippen LogP contribution is 2.60. The van der Waals surface area contributed by atoms with Crippen molar-refractivity contribution in [2.75, 3.05) is 26.3 Å². The number of carbonyl (C=O) groups is 2. The minimum atomic E-state index is -0.872. The van der Waals surface area contributed by atoms with Gasteiger partial charge in [0.05, 0.1) is 5.41 Å². The van der Waals surface area contributed by atoms with E-state index in [9.17, 15) is 14.7 Å². The molecule has 3 fully saturated rings. The molecular formula is C15H24N2O4. The van der Waals surface area contributed by atoms with Gasteiger partial charge in [0.2, 0.25) is 0 Å². The molecule has 0 bridgehead atoms. The van der Waals surface area contributed by atoms with E-state index < -0.39 is 11.4 Å². The molecule has 6 nitrogen and oxygen atoms in total. The predicted molar refractivity (Wildman–Crippen MR) is 75.9 cm³/mol. The summed E-state index contributed by atoms with van der Waals surface area (Å²) in [6.45, 7) is 1.79. The van der Waals surface area contributed by atoms with Crippen LogP contribution in [0.4, 0.5) is 4.79 Å². The summed E-state index contributed by atoms with van der Waals surface area (Å²) in [5, 5.41) is 15.1. The first-order valence-electron chi connectivity index (χ1n) is 7.89. The Balaban J connectivity index is 1.44. The summed E-state index contributed by atoms with van der Waals surface area (Å²) in [6.07, 6.45) is 5.93. The van der Waals surface area contributed by atoms with Crippen LogP contribution in [0.25, 0.3) is 0 Å². The molecular weight excluding hydrogens is 272 g/mol. The van der Waals surface area contributed by atoms with Gasteiger partial charge in [0, 0.05) is 26.3 Å². The Morgan fingerprint density at radius 2 is 1.67 bits per heavy atom. The Hall–Kier alpha value is -1.30. The molecule has 1 aliphatic heterocycles. The van der Waals surface area contributed by atoms with Crippen LogP contribution >= 0.6 is 0 Å². The summed E-state index contributed by atoms with van der Waals surface area (Å²) in [7, 11) is 0. The SMILES string of the molecule is O=C(NCC1(C(=O)O)CCOCC1)NCC1(C2CC2)CC1. The van der Waals surface area contributed by atoms with Crippen molar-refractivity contribution >= 4 is 12.0 Å². The van der Waals surface area contributed by atoms with Gasteiger partial charge >= 0.3 is 12.0 Å². The van der Waals surface area contributed by atoms with Crippen LogP contribution in [0.1, 0.15) is 38.5 Å². The van der Waals surface area contributed by atoms with Crippen molar-refractivity contribution in [2.24, 2.45) is 16.7 Å². The number of hydrogen-bond acceptors (Lipinski definition) is 3. The van der Waals surface area contributed by atoms with E-state index in [2.05, 4.69) is 10.6 Å². The third-order valence-corrected chi connectivity index (χ3v) is 5.43. The minimum Gasteiger partial charge on any atom is -0.481 e. The van der Waals surface area contributed by atoms with E-state index in [1.54, 1.807) is 0 Å². The van der Waals surface area contributed by atoms with Gasteiger partial charge in [-0.3, -0.25) is 4.79 Å². The fourth-order valence-electron chi connectivity index (χ4n) is 3.38. The number of ether oxygens (including phenoxy) is 1. The van der Waals surface area contributed by atoms with Crippen LogP contribution in [0, 0.1) is 16.7 Å². The van der Waals surface area contributed by atoms with E-state index >= 15 is 0 Å². The largest absolute Gasteiger partial charge is 0.481 e. The van der Waals surface area contributed by atoms with E-state index in [0.717, 1.165) is 12.5 Å². The van der Waals surface area contributed by atoms with Crippen molar-refractivity contribution in [2.45, 2.75) is 38.5 Å². The molecule has 0 aromatic carbocycles. The molecule has 1 saturated heterocycles. The topological polar surface area (TPSA) is 87.7 Å². The van der Waals surface area contributed by atoms with Crippen molar-refractivity contribution < 1.29 is 19.4 Å². The Bertz CT molecular complexity index is 423. The van der Waals surface area contributed by atoms with Gasteiger partial charge in [-0.2, -0.15) is 0 Å². The molecule has 0 spiro atoms. The molecule has 3 rings (SSSR count). The van der Waals surface area contributed by atoms with E-state index in [4.69, 9.17) is 4.74 Å². The number of aliphatic carboxylic acids is 1. The van der Waals surface area contributed by atoms with Gasteiger partial charge in [-0.15, -0.1) is 0 Å². The zero-order valence-electron chi connectivity index (χ0n) is 12.3. The normalized spacial score (nSPS) is 25.9. The standard InChI is InChI=1S/C15H24N2O4/c18-12(19)15(5-7-21-8-6-15)10-17-13(20)16-9-14(3-4-14)11-1-2-11/h11H,1-10H2,(H,18,19)(H2,16,17,20). The van der Waals surface area contributed by atoms with Gasteiger partial charge in [0.25, 0.3) is 0 Å². The van der Waals surface area contributed by atoms with Gasteiger partial charge in [-0.05, 0) is 49.9 Å². The Labute approximate surface area is 124 Å². The lowest BCUT2D eigenvalue weighted by atomic mass is 9.80. The number of carbonyl (C=O) groups excluding carboxylic acids is 1. The molecule has 2 saturated carbocycles. The van der Waals surface area contributed by atoms with Crippen molar-refractivity contribution in [3.63, 3.8) is 0 Å². The number of urea groups is 1. The number of nitrogens with one attached hydrogen (secondary N) is 2. The molecule has 2 aliphatic carbocycles. The minimum absolute atomic E-state index is 0.175. The van der Waals surface area contributed by atoms with Crippen LogP contribution in [-0.2, 0) is 9.53 Å². The second-order valence-electron chi connectivity index (χ2n) is 6.87. The zero-order chi connectivity index (χ0) is 14.9. The number of carboxylic acid groups (broad SMARTS) is 1. The zero-order valence-corrected chi connectivity index (χ0v) is 12.3. The molecule has 0 aromatic heterocycles. The maximum atomic E-state index is 11.9. The Kier molecular flexibility index (Phi) is 3.82. The number of hydrogen-bond donors (Lipinski definition) is 3. The van der Waals surface area contributed by atoms with Crippen LogP contribution < -0.4 is 10.6 Å². The lowest BCUT2D eigenvalue weighted by Gasteiger charge is -2.33. The fourth-order valence-corrected chi connectivity index (χ4v) is 3.38. The fraction of sp³-hybridized carbons (Fsp3) is 0.867. The molecule has 3 aliphatic rings.